The van der Waals surface area contributed by atoms with E-state index in [9.17, 15) is 9.18 Å². The number of hydrogen-bond acceptors (Lipinski definition) is 3. The molecular formula is C11H8BrFO2S. The van der Waals surface area contributed by atoms with Gasteiger partial charge < -0.3 is 4.74 Å². The van der Waals surface area contributed by atoms with E-state index in [2.05, 4.69) is 20.7 Å². The Bertz CT molecular complexity index is 577. The summed E-state index contributed by atoms with van der Waals surface area (Å²) in [4.78, 5) is 11.7. The molecule has 1 aromatic carbocycles. The third-order valence-corrected chi connectivity index (χ3v) is 4.44. The molecule has 5 heteroatoms. The maximum absolute atomic E-state index is 13.6. The van der Waals surface area contributed by atoms with Crippen molar-refractivity contribution in [2.75, 3.05) is 7.11 Å². The van der Waals surface area contributed by atoms with Gasteiger partial charge >= 0.3 is 5.97 Å². The van der Waals surface area contributed by atoms with E-state index in [1.54, 1.807) is 6.07 Å². The minimum atomic E-state index is -0.440. The fourth-order valence-corrected chi connectivity index (χ4v) is 3.01. The van der Waals surface area contributed by atoms with Gasteiger partial charge in [-0.3, -0.25) is 0 Å². The van der Waals surface area contributed by atoms with Gasteiger partial charge in [0.2, 0.25) is 0 Å². The van der Waals surface area contributed by atoms with Gasteiger partial charge in [-0.05, 0) is 40.5 Å². The fraction of sp³-hybridized carbons (Fsp3) is 0.182. The van der Waals surface area contributed by atoms with Crippen molar-refractivity contribution in [2.24, 2.45) is 0 Å². The van der Waals surface area contributed by atoms with Crippen molar-refractivity contribution in [2.45, 2.75) is 6.92 Å². The Hall–Kier alpha value is -0.940. The van der Waals surface area contributed by atoms with Crippen molar-refractivity contribution in [3.8, 4) is 0 Å². The molecule has 0 N–H and O–H groups in total. The number of esters is 1. The molecule has 0 saturated heterocycles. The van der Waals surface area contributed by atoms with Gasteiger partial charge in [-0.25, -0.2) is 9.18 Å². The molecule has 0 saturated carbocycles. The van der Waals surface area contributed by atoms with Gasteiger partial charge in [0.1, 0.15) is 10.7 Å². The first-order chi connectivity index (χ1) is 7.54. The number of carbonyl (C=O) groups excluding carboxylic acids is 1. The van der Waals surface area contributed by atoms with E-state index in [1.807, 2.05) is 6.92 Å². The van der Waals surface area contributed by atoms with Crippen LogP contribution in [0.5, 0.6) is 0 Å². The Kier molecular flexibility index (Phi) is 2.99. The first kappa shape index (κ1) is 11.5. The summed E-state index contributed by atoms with van der Waals surface area (Å²) >= 11 is 4.49. The Morgan fingerprint density at radius 1 is 1.50 bits per heavy atom. The third kappa shape index (κ3) is 1.74. The molecule has 0 aliphatic carbocycles. The van der Waals surface area contributed by atoms with E-state index >= 15 is 0 Å². The van der Waals surface area contributed by atoms with E-state index in [0.29, 0.717) is 15.0 Å². The highest BCUT2D eigenvalue weighted by atomic mass is 79.9. The van der Waals surface area contributed by atoms with Crippen LogP contribution in [0.25, 0.3) is 10.1 Å². The molecule has 0 radical (unpaired) electrons. The second kappa shape index (κ2) is 4.14. The van der Waals surface area contributed by atoms with Gasteiger partial charge in [0.15, 0.2) is 0 Å². The molecule has 0 aliphatic heterocycles. The minimum absolute atomic E-state index is 0.309. The van der Waals surface area contributed by atoms with E-state index < -0.39 is 5.97 Å². The summed E-state index contributed by atoms with van der Waals surface area (Å²) in [5, 5.41) is 0.711. The number of aryl methyl sites for hydroxylation is 1. The highest BCUT2D eigenvalue weighted by Crippen LogP contribution is 2.35. The molecule has 16 heavy (non-hydrogen) atoms. The highest BCUT2D eigenvalue weighted by molar-refractivity contribution is 9.10. The number of benzene rings is 1. The normalized spacial score (nSPS) is 10.8. The second-order valence-corrected chi connectivity index (χ2v) is 5.18. The van der Waals surface area contributed by atoms with Gasteiger partial charge in [0.25, 0.3) is 0 Å². The number of fused-ring (bicyclic) bond motifs is 1. The monoisotopic (exact) mass is 302 g/mol. The number of halogens is 2. The number of rotatable bonds is 1. The van der Waals surface area contributed by atoms with Crippen LogP contribution < -0.4 is 0 Å². The van der Waals surface area contributed by atoms with Crippen LogP contribution in [0.3, 0.4) is 0 Å². The summed E-state index contributed by atoms with van der Waals surface area (Å²) in [6.07, 6.45) is 0. The van der Waals surface area contributed by atoms with Crippen LogP contribution in [0.15, 0.2) is 16.6 Å². The standard InChI is InChI=1S/C11H8BrFO2S/c1-5-3-7(13)10-6(9(5)12)4-8(16-10)11(14)15-2/h3-4H,1-2H3. The Labute approximate surface area is 104 Å². The van der Waals surface area contributed by atoms with Crippen molar-refractivity contribution in [3.63, 3.8) is 0 Å². The van der Waals surface area contributed by atoms with Gasteiger partial charge in [0.05, 0.1) is 11.8 Å². The lowest BCUT2D eigenvalue weighted by molar-refractivity contribution is 0.0606. The first-order valence-electron chi connectivity index (χ1n) is 4.51. The summed E-state index contributed by atoms with van der Waals surface area (Å²) in [6.45, 7) is 1.81. The molecule has 1 heterocycles. The summed E-state index contributed by atoms with van der Waals surface area (Å²) in [5.41, 5.74) is 0.805. The molecule has 0 unspecified atom stereocenters. The highest BCUT2D eigenvalue weighted by Gasteiger charge is 2.16. The fourth-order valence-electron chi connectivity index (χ4n) is 1.46. The van der Waals surface area contributed by atoms with Gasteiger partial charge in [-0.2, -0.15) is 0 Å². The summed E-state index contributed by atoms with van der Waals surface area (Å²) < 4.78 is 19.5. The zero-order valence-corrected chi connectivity index (χ0v) is 11.0. The molecule has 0 bridgehead atoms. The molecule has 0 fully saturated rings. The first-order valence-corrected chi connectivity index (χ1v) is 6.12. The minimum Gasteiger partial charge on any atom is -0.465 e. The number of thiophene rings is 1. The van der Waals surface area contributed by atoms with Crippen LogP contribution in [0.1, 0.15) is 15.2 Å². The molecule has 0 atom stereocenters. The summed E-state index contributed by atoms with van der Waals surface area (Å²) in [6, 6.07) is 3.09. The van der Waals surface area contributed by atoms with Crippen LogP contribution in [-0.4, -0.2) is 13.1 Å². The average Bonchev–Trinajstić information content (AvgIpc) is 2.70. The van der Waals surface area contributed by atoms with Gasteiger partial charge in [0, 0.05) is 9.86 Å². The second-order valence-electron chi connectivity index (χ2n) is 3.33. The quantitative estimate of drug-likeness (QED) is 0.747. The molecular weight excluding hydrogens is 295 g/mol. The van der Waals surface area contributed by atoms with Crippen molar-refractivity contribution in [1.29, 1.82) is 0 Å². The van der Waals surface area contributed by atoms with Crippen molar-refractivity contribution < 1.29 is 13.9 Å². The van der Waals surface area contributed by atoms with Crippen LogP contribution in [0.2, 0.25) is 0 Å². The predicted molar refractivity (Wildman–Crippen MR) is 65.6 cm³/mol. The van der Waals surface area contributed by atoms with Crippen LogP contribution in [-0.2, 0) is 4.74 Å². The largest absolute Gasteiger partial charge is 0.465 e. The molecule has 0 aliphatic rings. The predicted octanol–water partition coefficient (Wildman–Crippen LogP) is 3.90. The lowest BCUT2D eigenvalue weighted by Crippen LogP contribution is -1.96. The maximum atomic E-state index is 13.6. The Morgan fingerprint density at radius 3 is 2.81 bits per heavy atom. The smallest absolute Gasteiger partial charge is 0.348 e. The maximum Gasteiger partial charge on any atom is 0.348 e. The average molecular weight is 303 g/mol. The lowest BCUT2D eigenvalue weighted by atomic mass is 10.2. The van der Waals surface area contributed by atoms with Gasteiger partial charge in [-0.15, -0.1) is 11.3 Å². The number of carbonyl (C=O) groups is 1. The van der Waals surface area contributed by atoms with E-state index in [-0.39, 0.29) is 5.82 Å². The van der Waals surface area contributed by atoms with E-state index in [4.69, 9.17) is 0 Å². The molecule has 2 nitrogen and oxygen atoms in total. The Balaban J connectivity index is 2.74. The molecule has 84 valence electrons. The van der Waals surface area contributed by atoms with Crippen LogP contribution >= 0.6 is 27.3 Å². The van der Waals surface area contributed by atoms with E-state index in [0.717, 1.165) is 21.4 Å². The molecule has 2 aromatic rings. The summed E-state index contributed by atoms with van der Waals surface area (Å²) in [5.74, 6) is -0.749. The topological polar surface area (TPSA) is 26.3 Å². The molecule has 0 spiro atoms. The van der Waals surface area contributed by atoms with Crippen molar-refractivity contribution >= 4 is 43.3 Å². The Morgan fingerprint density at radius 2 is 2.19 bits per heavy atom. The zero-order valence-electron chi connectivity index (χ0n) is 8.64. The van der Waals surface area contributed by atoms with Crippen molar-refractivity contribution in [1.82, 2.24) is 0 Å². The van der Waals surface area contributed by atoms with E-state index in [1.165, 1.54) is 13.2 Å². The van der Waals surface area contributed by atoms with Gasteiger partial charge in [-0.1, -0.05) is 0 Å². The van der Waals surface area contributed by atoms with Crippen LogP contribution in [0.4, 0.5) is 4.39 Å². The number of methoxy groups -OCH3 is 1. The lowest BCUT2D eigenvalue weighted by Gasteiger charge is -1.99. The summed E-state index contributed by atoms with van der Waals surface area (Å²) in [7, 11) is 1.31. The van der Waals surface area contributed by atoms with Crippen LogP contribution in [0, 0.1) is 12.7 Å². The zero-order chi connectivity index (χ0) is 11.9. The van der Waals surface area contributed by atoms with Crippen molar-refractivity contribution in [3.05, 3.63) is 32.9 Å². The number of ether oxygens (including phenoxy) is 1. The SMILES string of the molecule is COC(=O)c1cc2c(Br)c(C)cc(F)c2s1. The molecule has 2 rings (SSSR count). The third-order valence-electron chi connectivity index (χ3n) is 2.26. The number of hydrogen-bond donors (Lipinski definition) is 0. The molecule has 1 aromatic heterocycles. The molecule has 0 amide bonds.